The number of nitrogens with zero attached hydrogens (tertiary/aromatic N) is 2. The van der Waals surface area contributed by atoms with Gasteiger partial charge in [-0.2, -0.15) is 0 Å². The zero-order chi connectivity index (χ0) is 11.5. The van der Waals surface area contributed by atoms with Gasteiger partial charge in [0.1, 0.15) is 5.82 Å². The van der Waals surface area contributed by atoms with Gasteiger partial charge in [0.15, 0.2) is 5.75 Å². The zero-order valence-electron chi connectivity index (χ0n) is 8.71. The lowest BCUT2D eigenvalue weighted by Crippen LogP contribution is -1.95. The van der Waals surface area contributed by atoms with E-state index in [0.717, 1.165) is 0 Å². The van der Waals surface area contributed by atoms with Crippen molar-refractivity contribution >= 4 is 0 Å². The van der Waals surface area contributed by atoms with Gasteiger partial charge in [-0.3, -0.25) is 4.79 Å². The normalized spacial score (nSPS) is 10.1. The Morgan fingerprint density at radius 2 is 1.75 bits per heavy atom. The average molecular weight is 214 g/mol. The molecule has 0 aliphatic rings. The molecule has 1 aromatic carbocycles. The fourth-order valence-electron chi connectivity index (χ4n) is 1.35. The van der Waals surface area contributed by atoms with Crippen LogP contribution in [-0.4, -0.2) is 15.1 Å². The molecule has 4 heteroatoms. The Bertz CT molecular complexity index is 565. The minimum Gasteiger partial charge on any atom is -0.504 e. The molecule has 16 heavy (non-hydrogen) atoms. The van der Waals surface area contributed by atoms with Crippen molar-refractivity contribution in [2.24, 2.45) is 0 Å². The summed E-state index contributed by atoms with van der Waals surface area (Å²) in [5.74, 6) is 0.364. The summed E-state index contributed by atoms with van der Waals surface area (Å²) in [6.45, 7) is 1.77. The van der Waals surface area contributed by atoms with Crippen LogP contribution in [0.5, 0.6) is 5.75 Å². The van der Waals surface area contributed by atoms with E-state index in [1.807, 2.05) is 0 Å². The van der Waals surface area contributed by atoms with Crippen LogP contribution in [-0.2, 0) is 0 Å². The van der Waals surface area contributed by atoms with Gasteiger partial charge in [-0.1, -0.05) is 18.2 Å². The molecule has 1 heterocycles. The Balaban J connectivity index is 2.66. The highest BCUT2D eigenvalue weighted by Crippen LogP contribution is 2.23. The number of aryl methyl sites for hydroxylation is 1. The largest absolute Gasteiger partial charge is 0.504 e. The maximum Gasteiger partial charge on any atom is 0.220 e. The molecular weight excluding hydrogens is 204 g/mol. The SMILES string of the molecule is Cc1ncc(-c2ccccc(=O)c2O)cn1. The monoisotopic (exact) mass is 214 g/mol. The van der Waals surface area contributed by atoms with Crippen LogP contribution in [0.2, 0.25) is 0 Å². The van der Waals surface area contributed by atoms with Crippen molar-refractivity contribution < 1.29 is 5.11 Å². The number of aromatic nitrogens is 2. The molecule has 4 nitrogen and oxygen atoms in total. The molecule has 2 aromatic rings. The highest BCUT2D eigenvalue weighted by Gasteiger charge is 2.06. The average Bonchev–Trinajstić information content (AvgIpc) is 2.44. The summed E-state index contributed by atoms with van der Waals surface area (Å²) in [4.78, 5) is 19.4. The Morgan fingerprint density at radius 1 is 1.12 bits per heavy atom. The summed E-state index contributed by atoms with van der Waals surface area (Å²) in [6.07, 6.45) is 3.16. The first kappa shape index (κ1) is 10.3. The molecule has 0 aliphatic heterocycles. The first-order valence-corrected chi connectivity index (χ1v) is 4.80. The van der Waals surface area contributed by atoms with Crippen molar-refractivity contribution in [2.75, 3.05) is 0 Å². The topological polar surface area (TPSA) is 63.1 Å². The summed E-state index contributed by atoms with van der Waals surface area (Å²) in [5, 5.41) is 9.71. The first-order chi connectivity index (χ1) is 7.68. The second-order valence-electron chi connectivity index (χ2n) is 3.36. The van der Waals surface area contributed by atoms with Crippen molar-refractivity contribution in [3.8, 4) is 16.9 Å². The number of rotatable bonds is 1. The van der Waals surface area contributed by atoms with Crippen molar-refractivity contribution in [3.63, 3.8) is 0 Å². The fraction of sp³-hybridized carbons (Fsp3) is 0.0833. The van der Waals surface area contributed by atoms with Crippen LogP contribution < -0.4 is 5.43 Å². The molecule has 2 rings (SSSR count). The van der Waals surface area contributed by atoms with E-state index in [4.69, 9.17) is 0 Å². The number of hydrogen-bond donors (Lipinski definition) is 1. The third kappa shape index (κ3) is 1.91. The molecule has 0 amide bonds. The van der Waals surface area contributed by atoms with Crippen molar-refractivity contribution in [1.82, 2.24) is 9.97 Å². The first-order valence-electron chi connectivity index (χ1n) is 4.80. The lowest BCUT2D eigenvalue weighted by molar-refractivity contribution is 0.473. The molecule has 0 spiro atoms. The molecule has 0 saturated carbocycles. The fourth-order valence-corrected chi connectivity index (χ4v) is 1.35. The zero-order valence-corrected chi connectivity index (χ0v) is 8.71. The smallest absolute Gasteiger partial charge is 0.220 e. The standard InChI is InChI=1S/C12H10N2O2/c1-8-13-6-9(7-14-8)10-4-2-3-5-11(15)12(10)16/h2-7H,1H3,(H,15,16). The van der Waals surface area contributed by atoms with Gasteiger partial charge >= 0.3 is 0 Å². The molecule has 0 unspecified atom stereocenters. The van der Waals surface area contributed by atoms with Gasteiger partial charge in [-0.25, -0.2) is 9.97 Å². The maximum absolute atomic E-state index is 11.4. The van der Waals surface area contributed by atoms with E-state index in [0.29, 0.717) is 17.0 Å². The van der Waals surface area contributed by atoms with E-state index in [9.17, 15) is 9.90 Å². The van der Waals surface area contributed by atoms with Gasteiger partial charge in [0.2, 0.25) is 5.43 Å². The van der Waals surface area contributed by atoms with E-state index >= 15 is 0 Å². The van der Waals surface area contributed by atoms with Crippen LogP contribution in [0, 0.1) is 6.92 Å². The van der Waals surface area contributed by atoms with Crippen LogP contribution in [0.25, 0.3) is 11.1 Å². The molecular formula is C12H10N2O2. The quantitative estimate of drug-likeness (QED) is 0.781. The van der Waals surface area contributed by atoms with Crippen molar-refractivity contribution in [3.05, 3.63) is 52.7 Å². The Labute approximate surface area is 92.3 Å². The minimum absolute atomic E-state index is 0.280. The third-order valence-electron chi connectivity index (χ3n) is 2.20. The molecule has 0 saturated heterocycles. The molecule has 0 radical (unpaired) electrons. The van der Waals surface area contributed by atoms with E-state index in [1.54, 1.807) is 37.5 Å². The van der Waals surface area contributed by atoms with Crippen molar-refractivity contribution in [2.45, 2.75) is 6.92 Å². The number of aromatic hydroxyl groups is 1. The second-order valence-corrected chi connectivity index (χ2v) is 3.36. The predicted molar refractivity (Wildman–Crippen MR) is 60.1 cm³/mol. The summed E-state index contributed by atoms with van der Waals surface area (Å²) in [6, 6.07) is 6.25. The molecule has 1 N–H and O–H groups in total. The number of hydrogen-bond acceptors (Lipinski definition) is 4. The van der Waals surface area contributed by atoms with E-state index in [2.05, 4.69) is 9.97 Å². The second kappa shape index (κ2) is 4.10. The Hall–Kier alpha value is -2.23. The molecule has 0 atom stereocenters. The lowest BCUT2D eigenvalue weighted by Gasteiger charge is -2.00. The highest BCUT2D eigenvalue weighted by molar-refractivity contribution is 5.67. The van der Waals surface area contributed by atoms with Crippen LogP contribution >= 0.6 is 0 Å². The summed E-state index contributed by atoms with van der Waals surface area (Å²) in [7, 11) is 0. The summed E-state index contributed by atoms with van der Waals surface area (Å²) in [5.41, 5.74) is 0.645. The van der Waals surface area contributed by atoms with Crippen molar-refractivity contribution in [1.29, 1.82) is 0 Å². The van der Waals surface area contributed by atoms with Crippen LogP contribution in [0.4, 0.5) is 0 Å². The van der Waals surface area contributed by atoms with Gasteiger partial charge in [0.25, 0.3) is 0 Å². The van der Waals surface area contributed by atoms with Gasteiger partial charge < -0.3 is 5.11 Å². The molecule has 1 aromatic heterocycles. The molecule has 80 valence electrons. The van der Waals surface area contributed by atoms with Crippen LogP contribution in [0.15, 0.2) is 41.5 Å². The highest BCUT2D eigenvalue weighted by atomic mass is 16.3. The van der Waals surface area contributed by atoms with E-state index in [1.165, 1.54) is 6.07 Å². The Kier molecular flexibility index (Phi) is 2.64. The predicted octanol–water partition coefficient (Wildman–Crippen LogP) is 1.52. The van der Waals surface area contributed by atoms with Crippen LogP contribution in [0.1, 0.15) is 5.82 Å². The van der Waals surface area contributed by atoms with Gasteiger partial charge in [0, 0.05) is 23.5 Å². The third-order valence-corrected chi connectivity index (χ3v) is 2.20. The van der Waals surface area contributed by atoms with Gasteiger partial charge in [-0.15, -0.1) is 0 Å². The summed E-state index contributed by atoms with van der Waals surface area (Å²) < 4.78 is 0. The van der Waals surface area contributed by atoms with Gasteiger partial charge in [0.05, 0.1) is 0 Å². The van der Waals surface area contributed by atoms with Crippen LogP contribution in [0.3, 0.4) is 0 Å². The van der Waals surface area contributed by atoms with E-state index < -0.39 is 5.43 Å². The van der Waals surface area contributed by atoms with E-state index in [-0.39, 0.29) is 5.75 Å². The molecule has 0 bridgehead atoms. The lowest BCUT2D eigenvalue weighted by atomic mass is 10.1. The minimum atomic E-state index is -0.416. The maximum atomic E-state index is 11.4. The molecule has 0 fully saturated rings. The Morgan fingerprint density at radius 3 is 2.44 bits per heavy atom. The summed E-state index contributed by atoms with van der Waals surface area (Å²) >= 11 is 0. The molecule has 0 aliphatic carbocycles. The van der Waals surface area contributed by atoms with Gasteiger partial charge in [-0.05, 0) is 13.0 Å².